The molecule has 0 bridgehead atoms. The molecule has 3 rings (SSSR count). The van der Waals surface area contributed by atoms with Gasteiger partial charge in [-0.25, -0.2) is 0 Å². The van der Waals surface area contributed by atoms with Crippen molar-refractivity contribution in [3.8, 4) is 0 Å². The third kappa shape index (κ3) is 6.51. The Morgan fingerprint density at radius 1 is 0.889 bits per heavy atom. The molecule has 150 valence electrons. The summed E-state index contributed by atoms with van der Waals surface area (Å²) in [4.78, 5) is 0. The number of hydrogen-bond donors (Lipinski definition) is 0. The van der Waals surface area contributed by atoms with Gasteiger partial charge in [-0.15, -0.1) is 0 Å². The van der Waals surface area contributed by atoms with Crippen molar-refractivity contribution in [2.24, 2.45) is 11.3 Å². The van der Waals surface area contributed by atoms with Gasteiger partial charge < -0.3 is 0 Å². The van der Waals surface area contributed by atoms with E-state index < -0.39 is 0 Å². The summed E-state index contributed by atoms with van der Waals surface area (Å²) in [5.41, 5.74) is 3.77. The number of allylic oxidation sites excluding steroid dienone is 2. The maximum absolute atomic E-state index is 2.54. The third-order valence-electron chi connectivity index (χ3n) is 7.46. The quantitative estimate of drug-likeness (QED) is 0.362. The molecule has 1 aromatic carbocycles. The van der Waals surface area contributed by atoms with Crippen molar-refractivity contribution in [3.05, 3.63) is 42.0 Å². The second-order valence-corrected chi connectivity index (χ2v) is 9.50. The summed E-state index contributed by atoms with van der Waals surface area (Å²) in [6.07, 6.45) is 25.9. The van der Waals surface area contributed by atoms with Gasteiger partial charge in [-0.2, -0.15) is 0 Å². The van der Waals surface area contributed by atoms with E-state index in [0.29, 0.717) is 0 Å². The molecule has 1 unspecified atom stereocenters. The zero-order valence-electron chi connectivity index (χ0n) is 17.9. The van der Waals surface area contributed by atoms with E-state index in [9.17, 15) is 0 Å². The van der Waals surface area contributed by atoms with Crippen LogP contribution in [0.3, 0.4) is 0 Å². The maximum Gasteiger partial charge on any atom is -0.0228 e. The van der Waals surface area contributed by atoms with Gasteiger partial charge in [0.15, 0.2) is 0 Å². The smallest absolute Gasteiger partial charge is 0.0228 e. The fourth-order valence-electron chi connectivity index (χ4n) is 5.67. The van der Waals surface area contributed by atoms with E-state index in [1.54, 1.807) is 5.57 Å². The third-order valence-corrected chi connectivity index (χ3v) is 7.46. The Morgan fingerprint density at radius 3 is 2.30 bits per heavy atom. The number of rotatable bonds is 10. The van der Waals surface area contributed by atoms with Crippen LogP contribution in [-0.2, 0) is 0 Å². The molecule has 0 spiro atoms. The van der Waals surface area contributed by atoms with E-state index in [4.69, 9.17) is 0 Å². The largest absolute Gasteiger partial charge is 0.0804 e. The lowest BCUT2D eigenvalue weighted by Gasteiger charge is -2.38. The standard InChI is InChI=1S/C27H42/c1-2-3-9-20-27(21-10-5-11-22-27)23-12-8-13-24-16-18-26(19-17-24)25-14-6-4-7-15-25/h4,6-7,14-15,18,24H,2-3,5,8-13,16-17,19-23H2,1H3. The zero-order valence-corrected chi connectivity index (χ0v) is 17.9. The van der Waals surface area contributed by atoms with Crippen LogP contribution in [0.15, 0.2) is 36.4 Å². The van der Waals surface area contributed by atoms with Crippen LogP contribution in [0.1, 0.15) is 115 Å². The van der Waals surface area contributed by atoms with Crippen LogP contribution < -0.4 is 0 Å². The first kappa shape index (κ1) is 20.7. The lowest BCUT2D eigenvalue weighted by atomic mass is 9.68. The second-order valence-electron chi connectivity index (χ2n) is 9.50. The van der Waals surface area contributed by atoms with E-state index in [1.807, 2.05) is 0 Å². The minimum atomic E-state index is 0.736. The Morgan fingerprint density at radius 2 is 1.63 bits per heavy atom. The minimum Gasteiger partial charge on any atom is -0.0804 e. The van der Waals surface area contributed by atoms with Crippen LogP contribution in [-0.4, -0.2) is 0 Å². The average Bonchev–Trinajstić information content (AvgIpc) is 2.73. The van der Waals surface area contributed by atoms with E-state index in [1.165, 1.54) is 108 Å². The van der Waals surface area contributed by atoms with Crippen LogP contribution >= 0.6 is 0 Å². The molecule has 27 heavy (non-hydrogen) atoms. The van der Waals surface area contributed by atoms with Gasteiger partial charge in [0.05, 0.1) is 0 Å². The van der Waals surface area contributed by atoms with Crippen LogP contribution in [0.4, 0.5) is 0 Å². The van der Waals surface area contributed by atoms with E-state index in [-0.39, 0.29) is 0 Å². The van der Waals surface area contributed by atoms with Gasteiger partial charge in [0.2, 0.25) is 0 Å². The molecule has 2 aliphatic carbocycles. The highest BCUT2D eigenvalue weighted by atomic mass is 14.4. The molecule has 0 radical (unpaired) electrons. The molecule has 2 aliphatic rings. The average molecular weight is 367 g/mol. The number of unbranched alkanes of at least 4 members (excludes halogenated alkanes) is 3. The molecule has 0 aliphatic heterocycles. The first-order chi connectivity index (χ1) is 13.3. The molecule has 0 saturated heterocycles. The summed E-state index contributed by atoms with van der Waals surface area (Å²) in [6.45, 7) is 2.34. The van der Waals surface area contributed by atoms with Gasteiger partial charge in [0.1, 0.15) is 0 Å². The summed E-state index contributed by atoms with van der Waals surface area (Å²) in [5, 5.41) is 0. The van der Waals surface area contributed by atoms with E-state index in [2.05, 4.69) is 43.3 Å². The van der Waals surface area contributed by atoms with Crippen molar-refractivity contribution < 1.29 is 0 Å². The van der Waals surface area contributed by atoms with Crippen LogP contribution in [0.5, 0.6) is 0 Å². The Balaban J connectivity index is 1.38. The molecule has 1 aromatic rings. The van der Waals surface area contributed by atoms with Crippen molar-refractivity contribution in [1.82, 2.24) is 0 Å². The SMILES string of the molecule is CCCCCC1(CCCCC2CC=C(c3ccccc3)CC2)CCCCC1. The van der Waals surface area contributed by atoms with E-state index in [0.717, 1.165) is 11.3 Å². The van der Waals surface area contributed by atoms with Crippen molar-refractivity contribution in [3.63, 3.8) is 0 Å². The molecule has 0 aromatic heterocycles. The van der Waals surface area contributed by atoms with Gasteiger partial charge in [-0.3, -0.25) is 0 Å². The fourth-order valence-corrected chi connectivity index (χ4v) is 5.67. The molecule has 1 atom stereocenters. The second kappa shape index (κ2) is 11.1. The molecule has 1 fully saturated rings. The zero-order chi connectivity index (χ0) is 18.8. The normalized spacial score (nSPS) is 22.4. The van der Waals surface area contributed by atoms with Gasteiger partial charge in [0, 0.05) is 0 Å². The highest BCUT2D eigenvalue weighted by Gasteiger charge is 2.30. The Kier molecular flexibility index (Phi) is 8.49. The Hall–Kier alpha value is -1.04. The summed E-state index contributed by atoms with van der Waals surface area (Å²) in [7, 11) is 0. The van der Waals surface area contributed by atoms with Gasteiger partial charge >= 0.3 is 0 Å². The van der Waals surface area contributed by atoms with Gasteiger partial charge in [-0.05, 0) is 67.4 Å². The molecule has 0 heteroatoms. The molecule has 0 N–H and O–H groups in total. The predicted octanol–water partition coefficient (Wildman–Crippen LogP) is 8.96. The number of benzene rings is 1. The molecule has 0 nitrogen and oxygen atoms in total. The number of hydrogen-bond acceptors (Lipinski definition) is 0. The Bertz CT molecular complexity index is 547. The predicted molar refractivity (Wildman–Crippen MR) is 120 cm³/mol. The van der Waals surface area contributed by atoms with Crippen LogP contribution in [0, 0.1) is 11.3 Å². The monoisotopic (exact) mass is 366 g/mol. The van der Waals surface area contributed by atoms with E-state index >= 15 is 0 Å². The summed E-state index contributed by atoms with van der Waals surface area (Å²) >= 11 is 0. The first-order valence-corrected chi connectivity index (χ1v) is 12.1. The maximum atomic E-state index is 2.54. The van der Waals surface area contributed by atoms with Crippen LogP contribution in [0.25, 0.3) is 5.57 Å². The topological polar surface area (TPSA) is 0 Å². The van der Waals surface area contributed by atoms with Crippen molar-refractivity contribution in [2.45, 2.75) is 110 Å². The first-order valence-electron chi connectivity index (χ1n) is 12.1. The molecule has 0 heterocycles. The fraction of sp³-hybridized carbons (Fsp3) is 0.704. The Labute approximate surface area is 168 Å². The summed E-state index contributed by atoms with van der Waals surface area (Å²) < 4.78 is 0. The highest BCUT2D eigenvalue weighted by Crippen LogP contribution is 2.45. The van der Waals surface area contributed by atoms with Crippen molar-refractivity contribution in [2.75, 3.05) is 0 Å². The van der Waals surface area contributed by atoms with Gasteiger partial charge in [0.25, 0.3) is 0 Å². The van der Waals surface area contributed by atoms with Crippen LogP contribution in [0.2, 0.25) is 0 Å². The molecular formula is C27H42. The lowest BCUT2D eigenvalue weighted by Crippen LogP contribution is -2.24. The minimum absolute atomic E-state index is 0.736. The summed E-state index contributed by atoms with van der Waals surface area (Å²) in [5.74, 6) is 0.944. The van der Waals surface area contributed by atoms with Crippen molar-refractivity contribution >= 4 is 5.57 Å². The molecule has 1 saturated carbocycles. The van der Waals surface area contributed by atoms with Gasteiger partial charge in [-0.1, -0.05) is 101 Å². The van der Waals surface area contributed by atoms with Crippen molar-refractivity contribution in [1.29, 1.82) is 0 Å². The molecule has 0 amide bonds. The molecular weight excluding hydrogens is 324 g/mol. The lowest BCUT2D eigenvalue weighted by molar-refractivity contribution is 0.146. The highest BCUT2D eigenvalue weighted by molar-refractivity contribution is 5.66. The summed E-state index contributed by atoms with van der Waals surface area (Å²) in [6, 6.07) is 11.0.